The number of rotatable bonds is 4. The number of esters is 1. The van der Waals surface area contributed by atoms with Crippen LogP contribution < -0.4 is 10.3 Å². The van der Waals surface area contributed by atoms with Crippen LogP contribution in [0.15, 0.2) is 51.7 Å². The minimum Gasteiger partial charge on any atom is -0.508 e. The Bertz CT molecular complexity index is 1530. The van der Waals surface area contributed by atoms with Gasteiger partial charge in [0.2, 0.25) is 5.76 Å². The largest absolute Gasteiger partial charge is 0.508 e. The van der Waals surface area contributed by atoms with Gasteiger partial charge in [-0.25, -0.2) is 9.78 Å². The lowest BCUT2D eigenvalue weighted by molar-refractivity contribution is 0.0531. The number of aromatic hydroxyl groups is 1. The quantitative estimate of drug-likeness (QED) is 0.402. The van der Waals surface area contributed by atoms with E-state index in [-0.39, 0.29) is 44.7 Å². The zero-order valence-corrected chi connectivity index (χ0v) is 19.6. The first-order chi connectivity index (χ1) is 16.3. The van der Waals surface area contributed by atoms with E-state index >= 15 is 0 Å². The molecule has 172 valence electrons. The van der Waals surface area contributed by atoms with E-state index in [4.69, 9.17) is 20.8 Å². The second-order valence-corrected chi connectivity index (χ2v) is 9.03. The van der Waals surface area contributed by atoms with Gasteiger partial charge in [-0.15, -0.1) is 0 Å². The summed E-state index contributed by atoms with van der Waals surface area (Å²) in [6, 6.07) is 9.88. The molecule has 1 N–H and O–H groups in total. The van der Waals surface area contributed by atoms with Gasteiger partial charge in [0.1, 0.15) is 16.2 Å². The maximum absolute atomic E-state index is 13.6. The molecule has 0 aliphatic carbocycles. The number of halogens is 1. The van der Waals surface area contributed by atoms with Crippen LogP contribution in [-0.2, 0) is 4.74 Å². The van der Waals surface area contributed by atoms with Crippen LogP contribution in [-0.4, -0.2) is 28.6 Å². The number of amides is 1. The van der Waals surface area contributed by atoms with Gasteiger partial charge in [-0.2, -0.15) is 0 Å². The van der Waals surface area contributed by atoms with Gasteiger partial charge >= 0.3 is 5.97 Å². The van der Waals surface area contributed by atoms with Gasteiger partial charge in [-0.05, 0) is 49.7 Å². The van der Waals surface area contributed by atoms with Crippen LogP contribution in [0.1, 0.15) is 50.0 Å². The van der Waals surface area contributed by atoms with E-state index in [0.29, 0.717) is 16.3 Å². The van der Waals surface area contributed by atoms with Crippen LogP contribution in [0.5, 0.6) is 5.75 Å². The van der Waals surface area contributed by atoms with E-state index in [2.05, 4.69) is 4.98 Å². The standard InChI is InChI=1S/C24H17ClN2O6S/c1-3-32-23(31)21-11(2)26-24(34-21)27-18(12-4-7-14(28)8-5-12)17-19(29)15-10-13(25)6-9-16(15)33-20(17)22(27)30/h4-10,18,28H,3H2,1-2H3. The molecule has 2 aromatic carbocycles. The van der Waals surface area contributed by atoms with Gasteiger partial charge in [0, 0.05) is 5.02 Å². The molecule has 0 spiro atoms. The zero-order chi connectivity index (χ0) is 24.1. The predicted molar refractivity (Wildman–Crippen MR) is 127 cm³/mol. The average Bonchev–Trinajstić information content (AvgIpc) is 3.33. The number of carbonyl (C=O) groups excluding carboxylic acids is 2. The van der Waals surface area contributed by atoms with E-state index in [1.807, 2.05) is 0 Å². The van der Waals surface area contributed by atoms with Gasteiger partial charge in [-0.3, -0.25) is 14.5 Å². The fraction of sp³-hybridized carbons (Fsp3) is 0.167. The highest BCUT2D eigenvalue weighted by atomic mass is 35.5. The second-order valence-electron chi connectivity index (χ2n) is 7.62. The van der Waals surface area contributed by atoms with Crippen LogP contribution in [0, 0.1) is 6.92 Å². The minimum absolute atomic E-state index is 0.0341. The van der Waals surface area contributed by atoms with Crippen molar-refractivity contribution in [3.8, 4) is 5.75 Å². The predicted octanol–water partition coefficient (Wildman–Crippen LogP) is 4.84. The van der Waals surface area contributed by atoms with Crippen molar-refractivity contribution in [1.29, 1.82) is 0 Å². The number of ether oxygens (including phenoxy) is 1. The lowest BCUT2D eigenvalue weighted by Crippen LogP contribution is -2.29. The Morgan fingerprint density at radius 3 is 2.68 bits per heavy atom. The number of carbonyl (C=O) groups is 2. The summed E-state index contributed by atoms with van der Waals surface area (Å²) in [6.07, 6.45) is 0. The molecule has 1 aliphatic heterocycles. The molecule has 34 heavy (non-hydrogen) atoms. The monoisotopic (exact) mass is 496 g/mol. The number of fused-ring (bicyclic) bond motifs is 2. The van der Waals surface area contributed by atoms with Crippen molar-refractivity contribution in [2.45, 2.75) is 19.9 Å². The van der Waals surface area contributed by atoms with Crippen molar-refractivity contribution in [2.24, 2.45) is 0 Å². The number of hydrogen-bond acceptors (Lipinski definition) is 8. The normalized spacial score (nSPS) is 15.1. The van der Waals surface area contributed by atoms with Crippen LogP contribution in [0.4, 0.5) is 5.13 Å². The zero-order valence-electron chi connectivity index (χ0n) is 18.0. The molecule has 1 aliphatic rings. The lowest BCUT2D eigenvalue weighted by atomic mass is 9.98. The smallest absolute Gasteiger partial charge is 0.350 e. The Balaban J connectivity index is 1.75. The number of anilines is 1. The summed E-state index contributed by atoms with van der Waals surface area (Å²) in [7, 11) is 0. The Morgan fingerprint density at radius 1 is 1.24 bits per heavy atom. The van der Waals surface area contributed by atoms with Crippen LogP contribution in [0.25, 0.3) is 11.0 Å². The number of nitrogens with zero attached hydrogens (tertiary/aromatic N) is 2. The fourth-order valence-corrected chi connectivity index (χ4v) is 5.15. The molecule has 0 bridgehead atoms. The molecule has 1 amide bonds. The van der Waals surface area contributed by atoms with Crippen LogP contribution >= 0.6 is 22.9 Å². The molecular weight excluding hydrogens is 480 g/mol. The highest BCUT2D eigenvalue weighted by Gasteiger charge is 2.45. The summed E-state index contributed by atoms with van der Waals surface area (Å²) in [6.45, 7) is 3.55. The summed E-state index contributed by atoms with van der Waals surface area (Å²) in [4.78, 5) is 45.6. The van der Waals surface area contributed by atoms with Crippen molar-refractivity contribution in [3.05, 3.63) is 85.2 Å². The number of thiazole rings is 1. The highest BCUT2D eigenvalue weighted by Crippen LogP contribution is 2.43. The summed E-state index contributed by atoms with van der Waals surface area (Å²) in [5.41, 5.74) is 0.935. The van der Waals surface area contributed by atoms with E-state index in [0.717, 1.165) is 11.3 Å². The molecule has 4 aromatic rings. The SMILES string of the molecule is CCOC(=O)c1sc(N2C(=O)c3oc4ccc(Cl)cc4c(=O)c3C2c2ccc(O)cc2)nc1C. The summed E-state index contributed by atoms with van der Waals surface area (Å²) in [5, 5.41) is 10.6. The van der Waals surface area contributed by atoms with Gasteiger partial charge in [-0.1, -0.05) is 35.1 Å². The highest BCUT2D eigenvalue weighted by molar-refractivity contribution is 7.17. The van der Waals surface area contributed by atoms with Crippen molar-refractivity contribution in [2.75, 3.05) is 11.5 Å². The van der Waals surface area contributed by atoms with Crippen molar-refractivity contribution < 1.29 is 23.8 Å². The Morgan fingerprint density at radius 2 is 1.97 bits per heavy atom. The molecule has 0 fully saturated rings. The fourth-order valence-electron chi connectivity index (χ4n) is 3.99. The third-order valence-electron chi connectivity index (χ3n) is 5.49. The number of phenolic OH excluding ortho intramolecular Hbond substituents is 1. The van der Waals surface area contributed by atoms with Gasteiger partial charge < -0.3 is 14.3 Å². The molecule has 10 heteroatoms. The van der Waals surface area contributed by atoms with Crippen molar-refractivity contribution >= 4 is 50.9 Å². The maximum Gasteiger partial charge on any atom is 0.350 e. The first-order valence-corrected chi connectivity index (χ1v) is 11.5. The summed E-state index contributed by atoms with van der Waals surface area (Å²) in [5.74, 6) is -1.18. The molecule has 0 radical (unpaired) electrons. The van der Waals surface area contributed by atoms with Gasteiger partial charge in [0.25, 0.3) is 5.91 Å². The molecule has 1 atom stereocenters. The average molecular weight is 497 g/mol. The topological polar surface area (TPSA) is 110 Å². The van der Waals surface area contributed by atoms with Gasteiger partial charge in [0.15, 0.2) is 10.6 Å². The molecule has 3 heterocycles. The number of hydrogen-bond donors (Lipinski definition) is 1. The molecule has 0 saturated carbocycles. The third-order valence-corrected chi connectivity index (χ3v) is 6.87. The van der Waals surface area contributed by atoms with E-state index in [1.54, 1.807) is 32.0 Å². The molecule has 5 rings (SSSR count). The molecule has 0 saturated heterocycles. The molecule has 8 nitrogen and oxygen atoms in total. The third kappa shape index (κ3) is 3.44. The van der Waals surface area contributed by atoms with Crippen LogP contribution in [0.3, 0.4) is 0 Å². The number of phenols is 1. The number of aromatic nitrogens is 1. The molecule has 2 aromatic heterocycles. The first kappa shape index (κ1) is 22.1. The molecule has 1 unspecified atom stereocenters. The molecular formula is C24H17ClN2O6S. The van der Waals surface area contributed by atoms with E-state index < -0.39 is 23.3 Å². The van der Waals surface area contributed by atoms with Gasteiger partial charge in [0.05, 0.1) is 29.3 Å². The second kappa shape index (κ2) is 8.27. The summed E-state index contributed by atoms with van der Waals surface area (Å²) < 4.78 is 11.0. The van der Waals surface area contributed by atoms with Crippen molar-refractivity contribution in [1.82, 2.24) is 4.98 Å². The Labute approximate surface area is 202 Å². The van der Waals surface area contributed by atoms with Crippen LogP contribution in [0.2, 0.25) is 5.02 Å². The number of aryl methyl sites for hydroxylation is 1. The first-order valence-electron chi connectivity index (χ1n) is 10.3. The lowest BCUT2D eigenvalue weighted by Gasteiger charge is -2.22. The minimum atomic E-state index is -0.886. The van der Waals surface area contributed by atoms with E-state index in [1.165, 1.54) is 29.2 Å². The van der Waals surface area contributed by atoms with Crippen molar-refractivity contribution in [3.63, 3.8) is 0 Å². The van der Waals surface area contributed by atoms with E-state index in [9.17, 15) is 19.5 Å². The summed E-state index contributed by atoms with van der Waals surface area (Å²) >= 11 is 7.10. The number of benzene rings is 2. The Hall–Kier alpha value is -3.69. The Kier molecular flexibility index (Phi) is 5.38. The maximum atomic E-state index is 13.6.